The Morgan fingerprint density at radius 1 is 0.879 bits per heavy atom. The molecule has 1 fully saturated rings. The number of piperazine rings is 1. The van der Waals surface area contributed by atoms with E-state index in [1.54, 1.807) is 48.5 Å². The lowest BCUT2D eigenvalue weighted by Gasteiger charge is -2.32. The SMILES string of the molecule is CN1CCN(Cc2cccc(NC(=O)c3ccc(Oc4ccc(C(N)=O)cc4)cc3)c2)CC1. The molecule has 2 amide bonds. The lowest BCUT2D eigenvalue weighted by atomic mass is 10.1. The predicted molar refractivity (Wildman–Crippen MR) is 129 cm³/mol. The van der Waals surface area contributed by atoms with Crippen molar-refractivity contribution in [2.75, 3.05) is 38.5 Å². The van der Waals surface area contributed by atoms with E-state index in [-0.39, 0.29) is 5.91 Å². The first kappa shape index (κ1) is 22.5. The van der Waals surface area contributed by atoms with E-state index in [0.29, 0.717) is 22.6 Å². The minimum atomic E-state index is -0.484. The molecule has 1 heterocycles. The molecule has 3 aromatic carbocycles. The molecule has 7 heteroatoms. The molecule has 1 aliphatic heterocycles. The van der Waals surface area contributed by atoms with E-state index in [2.05, 4.69) is 28.2 Å². The summed E-state index contributed by atoms with van der Waals surface area (Å²) in [4.78, 5) is 28.6. The van der Waals surface area contributed by atoms with Gasteiger partial charge in [-0.15, -0.1) is 0 Å². The minimum Gasteiger partial charge on any atom is -0.457 e. The number of amides is 2. The summed E-state index contributed by atoms with van der Waals surface area (Å²) in [5.74, 6) is 0.507. The Bertz CT molecular complexity index is 1110. The molecule has 4 rings (SSSR count). The number of nitrogens with zero attached hydrogens (tertiary/aromatic N) is 2. The van der Waals surface area contributed by atoms with E-state index in [9.17, 15) is 9.59 Å². The molecule has 1 aliphatic rings. The Morgan fingerprint density at radius 2 is 1.48 bits per heavy atom. The molecule has 170 valence electrons. The molecule has 33 heavy (non-hydrogen) atoms. The van der Waals surface area contributed by atoms with Crippen LogP contribution in [0.3, 0.4) is 0 Å². The summed E-state index contributed by atoms with van der Waals surface area (Å²) in [6, 6.07) is 21.5. The maximum Gasteiger partial charge on any atom is 0.255 e. The number of carbonyl (C=O) groups is 2. The zero-order valence-electron chi connectivity index (χ0n) is 18.7. The largest absolute Gasteiger partial charge is 0.457 e. The highest BCUT2D eigenvalue weighted by molar-refractivity contribution is 6.04. The Kier molecular flexibility index (Phi) is 7.02. The minimum absolute atomic E-state index is 0.177. The molecule has 0 bridgehead atoms. The van der Waals surface area contributed by atoms with Crippen LogP contribution in [0.25, 0.3) is 0 Å². The highest BCUT2D eigenvalue weighted by Gasteiger charge is 2.14. The Morgan fingerprint density at radius 3 is 2.09 bits per heavy atom. The molecular weight excluding hydrogens is 416 g/mol. The Hall–Kier alpha value is -3.68. The summed E-state index contributed by atoms with van der Waals surface area (Å²) in [6.07, 6.45) is 0. The third-order valence-electron chi connectivity index (χ3n) is 5.68. The van der Waals surface area contributed by atoms with E-state index in [1.165, 1.54) is 5.56 Å². The lowest BCUT2D eigenvalue weighted by Crippen LogP contribution is -2.43. The van der Waals surface area contributed by atoms with Crippen molar-refractivity contribution in [2.24, 2.45) is 5.73 Å². The third kappa shape index (κ3) is 6.19. The van der Waals surface area contributed by atoms with Crippen LogP contribution in [0.1, 0.15) is 26.3 Å². The molecule has 0 unspecified atom stereocenters. The van der Waals surface area contributed by atoms with Crippen LogP contribution in [-0.4, -0.2) is 54.8 Å². The first-order chi connectivity index (χ1) is 16.0. The second-order valence-corrected chi connectivity index (χ2v) is 8.25. The zero-order valence-corrected chi connectivity index (χ0v) is 18.7. The van der Waals surface area contributed by atoms with Gasteiger partial charge in [-0.2, -0.15) is 0 Å². The van der Waals surface area contributed by atoms with Gasteiger partial charge in [-0.05, 0) is 73.3 Å². The van der Waals surface area contributed by atoms with E-state index >= 15 is 0 Å². The zero-order chi connectivity index (χ0) is 23.2. The monoisotopic (exact) mass is 444 g/mol. The number of ether oxygens (including phenoxy) is 1. The van der Waals surface area contributed by atoms with Gasteiger partial charge in [-0.3, -0.25) is 14.5 Å². The highest BCUT2D eigenvalue weighted by Crippen LogP contribution is 2.23. The van der Waals surface area contributed by atoms with E-state index < -0.39 is 5.91 Å². The van der Waals surface area contributed by atoms with Crippen molar-refractivity contribution in [1.82, 2.24) is 9.80 Å². The van der Waals surface area contributed by atoms with Crippen LogP contribution in [-0.2, 0) is 6.54 Å². The molecule has 0 aliphatic carbocycles. The quantitative estimate of drug-likeness (QED) is 0.582. The summed E-state index contributed by atoms with van der Waals surface area (Å²) < 4.78 is 5.77. The van der Waals surface area contributed by atoms with Gasteiger partial charge in [-0.1, -0.05) is 12.1 Å². The number of nitrogens with two attached hydrogens (primary N) is 1. The number of hydrogen-bond acceptors (Lipinski definition) is 5. The fourth-order valence-corrected chi connectivity index (χ4v) is 3.71. The molecule has 0 atom stereocenters. The number of anilines is 1. The summed E-state index contributed by atoms with van der Waals surface area (Å²) in [5.41, 5.74) is 8.17. The summed E-state index contributed by atoms with van der Waals surface area (Å²) in [7, 11) is 2.15. The maximum atomic E-state index is 12.7. The molecule has 7 nitrogen and oxygen atoms in total. The number of likely N-dealkylation sites (N-methyl/N-ethyl adjacent to an activating group) is 1. The van der Waals surface area contributed by atoms with Gasteiger partial charge in [-0.25, -0.2) is 0 Å². The molecule has 0 saturated carbocycles. The molecule has 1 saturated heterocycles. The van der Waals surface area contributed by atoms with Gasteiger partial charge in [0.2, 0.25) is 5.91 Å². The van der Waals surface area contributed by atoms with Gasteiger partial charge in [0.15, 0.2) is 0 Å². The first-order valence-electron chi connectivity index (χ1n) is 11.0. The lowest BCUT2D eigenvalue weighted by molar-refractivity contribution is 0.0997. The fraction of sp³-hybridized carbons (Fsp3) is 0.231. The molecule has 0 aromatic heterocycles. The second kappa shape index (κ2) is 10.3. The van der Waals surface area contributed by atoms with Crippen molar-refractivity contribution < 1.29 is 14.3 Å². The van der Waals surface area contributed by atoms with E-state index in [1.807, 2.05) is 18.2 Å². The number of rotatable bonds is 7. The summed E-state index contributed by atoms with van der Waals surface area (Å²) in [5, 5.41) is 2.98. The average molecular weight is 445 g/mol. The van der Waals surface area contributed by atoms with Crippen molar-refractivity contribution in [3.05, 3.63) is 89.5 Å². The van der Waals surface area contributed by atoms with Gasteiger partial charge in [0.1, 0.15) is 11.5 Å². The topological polar surface area (TPSA) is 87.9 Å². The van der Waals surface area contributed by atoms with Gasteiger partial charge in [0.05, 0.1) is 0 Å². The molecule has 3 N–H and O–H groups in total. The van der Waals surface area contributed by atoms with E-state index in [4.69, 9.17) is 10.5 Å². The van der Waals surface area contributed by atoms with Crippen molar-refractivity contribution >= 4 is 17.5 Å². The normalized spacial score (nSPS) is 14.6. The summed E-state index contributed by atoms with van der Waals surface area (Å²) >= 11 is 0. The number of hydrogen-bond donors (Lipinski definition) is 2. The molecule has 3 aromatic rings. The van der Waals surface area contributed by atoms with Crippen LogP contribution in [0.5, 0.6) is 11.5 Å². The smallest absolute Gasteiger partial charge is 0.255 e. The van der Waals surface area contributed by atoms with Crippen molar-refractivity contribution in [2.45, 2.75) is 6.54 Å². The van der Waals surface area contributed by atoms with Crippen LogP contribution >= 0.6 is 0 Å². The number of nitrogens with one attached hydrogen (secondary N) is 1. The molecular formula is C26H28N4O3. The Labute approximate surface area is 193 Å². The number of benzene rings is 3. The number of carbonyl (C=O) groups excluding carboxylic acids is 2. The van der Waals surface area contributed by atoms with Crippen LogP contribution in [0.15, 0.2) is 72.8 Å². The average Bonchev–Trinajstić information content (AvgIpc) is 2.82. The van der Waals surface area contributed by atoms with Gasteiger partial charge in [0.25, 0.3) is 5.91 Å². The maximum absolute atomic E-state index is 12.7. The van der Waals surface area contributed by atoms with Crippen LogP contribution < -0.4 is 15.8 Å². The summed E-state index contributed by atoms with van der Waals surface area (Å²) in [6.45, 7) is 5.14. The van der Waals surface area contributed by atoms with Crippen LogP contribution in [0, 0.1) is 0 Å². The molecule has 0 spiro atoms. The standard InChI is InChI=1S/C26H28N4O3/c1-29-13-15-30(16-14-29)18-19-3-2-4-22(17-19)28-26(32)21-7-11-24(12-8-21)33-23-9-5-20(6-10-23)25(27)31/h2-12,17H,13-16,18H2,1H3,(H2,27,31)(H,28,32). The van der Waals surface area contributed by atoms with Crippen molar-refractivity contribution in [1.29, 1.82) is 0 Å². The van der Waals surface area contributed by atoms with Crippen LogP contribution in [0.2, 0.25) is 0 Å². The highest BCUT2D eigenvalue weighted by atomic mass is 16.5. The Balaban J connectivity index is 1.34. The third-order valence-corrected chi connectivity index (χ3v) is 5.68. The van der Waals surface area contributed by atoms with Gasteiger partial charge in [0, 0.05) is 49.5 Å². The first-order valence-corrected chi connectivity index (χ1v) is 11.0. The van der Waals surface area contributed by atoms with Crippen LogP contribution in [0.4, 0.5) is 5.69 Å². The van der Waals surface area contributed by atoms with Gasteiger partial charge >= 0.3 is 0 Å². The molecule has 0 radical (unpaired) electrons. The second-order valence-electron chi connectivity index (χ2n) is 8.25. The van der Waals surface area contributed by atoms with Gasteiger partial charge < -0.3 is 20.7 Å². The number of primary amides is 1. The van der Waals surface area contributed by atoms with Crippen molar-refractivity contribution in [3.8, 4) is 11.5 Å². The van der Waals surface area contributed by atoms with E-state index in [0.717, 1.165) is 38.4 Å². The predicted octanol–water partition coefficient (Wildman–Crippen LogP) is 3.58. The van der Waals surface area contributed by atoms with Crippen molar-refractivity contribution in [3.63, 3.8) is 0 Å². The fourth-order valence-electron chi connectivity index (χ4n) is 3.71.